The molecule has 1 aromatic heterocycles. The highest BCUT2D eigenvalue weighted by molar-refractivity contribution is 5.97. The molecule has 5 heteroatoms. The Bertz CT molecular complexity index is 909. The molecular weight excluding hydrogens is 286 g/mol. The Kier molecular flexibility index (Phi) is 3.73. The molecule has 0 aliphatic carbocycles. The van der Waals surface area contributed by atoms with Gasteiger partial charge in [0.25, 0.3) is 0 Å². The van der Waals surface area contributed by atoms with E-state index in [-0.39, 0.29) is 0 Å². The predicted molar refractivity (Wildman–Crippen MR) is 94.9 cm³/mol. The third kappa shape index (κ3) is 2.87. The molecule has 0 aliphatic heterocycles. The van der Waals surface area contributed by atoms with E-state index in [4.69, 9.17) is 5.73 Å². The maximum absolute atomic E-state index is 9.40. The highest BCUT2D eigenvalue weighted by Gasteiger charge is 2.10. The molecule has 0 saturated heterocycles. The standard InChI is InChI=1S/C18H17N5/c1-23(2)15-5-3-4-14(9-15)22-18-12(10-19)11-21-17-7-6-13(20)8-16(17)18/h3-9,11H,20H2,1-2H3,(H,21,22). The summed E-state index contributed by atoms with van der Waals surface area (Å²) >= 11 is 0. The molecule has 0 spiro atoms. The van der Waals surface area contributed by atoms with Crippen LogP contribution in [0.3, 0.4) is 0 Å². The van der Waals surface area contributed by atoms with Gasteiger partial charge >= 0.3 is 0 Å². The van der Waals surface area contributed by atoms with Crippen LogP contribution >= 0.6 is 0 Å². The lowest BCUT2D eigenvalue weighted by atomic mass is 10.1. The molecule has 2 aromatic carbocycles. The van der Waals surface area contributed by atoms with Gasteiger partial charge in [-0.1, -0.05) is 6.07 Å². The monoisotopic (exact) mass is 303 g/mol. The Labute approximate surface area is 135 Å². The number of nitrogens with one attached hydrogen (secondary N) is 1. The van der Waals surface area contributed by atoms with Crippen molar-refractivity contribution < 1.29 is 0 Å². The number of fused-ring (bicyclic) bond motifs is 1. The fourth-order valence-electron chi connectivity index (χ4n) is 2.44. The van der Waals surface area contributed by atoms with Crippen LogP contribution in [0.1, 0.15) is 5.56 Å². The van der Waals surface area contributed by atoms with Crippen LogP contribution in [0, 0.1) is 11.3 Å². The van der Waals surface area contributed by atoms with Gasteiger partial charge in [0.05, 0.1) is 16.8 Å². The molecule has 0 atom stereocenters. The van der Waals surface area contributed by atoms with Gasteiger partial charge in [-0.15, -0.1) is 0 Å². The second-order valence-corrected chi connectivity index (χ2v) is 5.51. The number of benzene rings is 2. The zero-order valence-electron chi connectivity index (χ0n) is 13.0. The fourth-order valence-corrected chi connectivity index (χ4v) is 2.44. The number of nitriles is 1. The van der Waals surface area contributed by atoms with Gasteiger partial charge in [0.15, 0.2) is 0 Å². The van der Waals surface area contributed by atoms with Crippen LogP contribution in [0.2, 0.25) is 0 Å². The van der Waals surface area contributed by atoms with E-state index in [2.05, 4.69) is 16.4 Å². The number of pyridine rings is 1. The first-order valence-electron chi connectivity index (χ1n) is 7.21. The molecular formula is C18H17N5. The number of hydrogen-bond acceptors (Lipinski definition) is 5. The molecule has 0 bridgehead atoms. The van der Waals surface area contributed by atoms with Crippen LogP contribution in [0.5, 0.6) is 0 Å². The van der Waals surface area contributed by atoms with Gasteiger partial charge in [-0.3, -0.25) is 4.98 Å². The smallest absolute Gasteiger partial charge is 0.103 e. The molecule has 5 nitrogen and oxygen atoms in total. The maximum Gasteiger partial charge on any atom is 0.103 e. The molecule has 3 aromatic rings. The SMILES string of the molecule is CN(C)c1cccc(Nc2c(C#N)cnc3ccc(N)cc23)c1. The van der Waals surface area contributed by atoms with E-state index in [1.807, 2.05) is 55.4 Å². The molecule has 114 valence electrons. The minimum Gasteiger partial charge on any atom is -0.399 e. The Morgan fingerprint density at radius 2 is 2.00 bits per heavy atom. The normalized spacial score (nSPS) is 10.3. The van der Waals surface area contributed by atoms with E-state index in [1.54, 1.807) is 12.3 Å². The lowest BCUT2D eigenvalue weighted by Gasteiger charge is -2.16. The average Bonchev–Trinajstić information content (AvgIpc) is 2.55. The van der Waals surface area contributed by atoms with Crippen LogP contribution in [-0.2, 0) is 0 Å². The lowest BCUT2D eigenvalue weighted by molar-refractivity contribution is 1.13. The first-order chi connectivity index (χ1) is 11.1. The van der Waals surface area contributed by atoms with Gasteiger partial charge in [-0.25, -0.2) is 0 Å². The van der Waals surface area contributed by atoms with Gasteiger partial charge in [0.2, 0.25) is 0 Å². The third-order valence-electron chi connectivity index (χ3n) is 3.64. The van der Waals surface area contributed by atoms with E-state index in [1.165, 1.54) is 0 Å². The molecule has 0 saturated carbocycles. The number of rotatable bonds is 3. The molecule has 0 fully saturated rings. The summed E-state index contributed by atoms with van der Waals surface area (Å²) in [4.78, 5) is 6.34. The Morgan fingerprint density at radius 3 is 2.74 bits per heavy atom. The van der Waals surface area contributed by atoms with Crippen molar-refractivity contribution in [1.82, 2.24) is 4.98 Å². The predicted octanol–water partition coefficient (Wildman–Crippen LogP) is 3.50. The summed E-state index contributed by atoms with van der Waals surface area (Å²) in [6, 6.07) is 15.7. The van der Waals surface area contributed by atoms with Crippen molar-refractivity contribution in [2.75, 3.05) is 30.0 Å². The summed E-state index contributed by atoms with van der Waals surface area (Å²) < 4.78 is 0. The molecule has 0 amide bonds. The number of hydrogen-bond donors (Lipinski definition) is 2. The van der Waals surface area contributed by atoms with E-state index in [0.717, 1.165) is 28.0 Å². The van der Waals surface area contributed by atoms with Crippen LogP contribution in [0.25, 0.3) is 10.9 Å². The largest absolute Gasteiger partial charge is 0.399 e. The second-order valence-electron chi connectivity index (χ2n) is 5.51. The van der Waals surface area contributed by atoms with E-state index >= 15 is 0 Å². The Balaban J connectivity index is 2.13. The quantitative estimate of drug-likeness (QED) is 0.724. The van der Waals surface area contributed by atoms with Crippen LogP contribution in [0.4, 0.5) is 22.7 Å². The van der Waals surface area contributed by atoms with Crippen molar-refractivity contribution >= 4 is 33.7 Å². The first-order valence-corrected chi connectivity index (χ1v) is 7.21. The zero-order valence-corrected chi connectivity index (χ0v) is 13.0. The number of nitrogen functional groups attached to an aromatic ring is 1. The van der Waals surface area contributed by atoms with Crippen molar-refractivity contribution in [2.24, 2.45) is 0 Å². The zero-order chi connectivity index (χ0) is 16.4. The van der Waals surface area contributed by atoms with Crippen LogP contribution in [-0.4, -0.2) is 19.1 Å². The molecule has 23 heavy (non-hydrogen) atoms. The maximum atomic E-state index is 9.40. The van der Waals surface area contributed by atoms with E-state index in [0.29, 0.717) is 11.3 Å². The number of nitrogens with two attached hydrogens (primary N) is 1. The van der Waals surface area contributed by atoms with Gasteiger partial charge in [0, 0.05) is 42.7 Å². The highest BCUT2D eigenvalue weighted by Crippen LogP contribution is 2.31. The summed E-state index contributed by atoms with van der Waals surface area (Å²) in [5.41, 5.74) is 10.5. The topological polar surface area (TPSA) is 78.0 Å². The van der Waals surface area contributed by atoms with Gasteiger partial charge in [-0.05, 0) is 36.4 Å². The molecule has 3 rings (SSSR count). The Morgan fingerprint density at radius 1 is 1.17 bits per heavy atom. The number of aromatic nitrogens is 1. The Hall–Kier alpha value is -3.26. The van der Waals surface area contributed by atoms with E-state index in [9.17, 15) is 5.26 Å². The second kappa shape index (κ2) is 5.85. The summed E-state index contributed by atoms with van der Waals surface area (Å²) in [6.45, 7) is 0. The van der Waals surface area contributed by atoms with Crippen LogP contribution in [0.15, 0.2) is 48.7 Å². The summed E-state index contributed by atoms with van der Waals surface area (Å²) in [5, 5.41) is 13.6. The minimum absolute atomic E-state index is 0.485. The fraction of sp³-hybridized carbons (Fsp3) is 0.111. The summed E-state index contributed by atoms with van der Waals surface area (Å²) in [5.74, 6) is 0. The third-order valence-corrected chi connectivity index (χ3v) is 3.64. The van der Waals surface area contributed by atoms with Gasteiger partial charge < -0.3 is 16.0 Å². The van der Waals surface area contributed by atoms with Crippen molar-refractivity contribution in [3.05, 3.63) is 54.2 Å². The molecule has 0 unspecified atom stereocenters. The minimum atomic E-state index is 0.485. The van der Waals surface area contributed by atoms with Gasteiger partial charge in [0.1, 0.15) is 6.07 Å². The average molecular weight is 303 g/mol. The lowest BCUT2D eigenvalue weighted by Crippen LogP contribution is -2.08. The molecule has 0 radical (unpaired) electrons. The number of nitrogens with zero attached hydrogens (tertiary/aromatic N) is 3. The van der Waals surface area contributed by atoms with Crippen molar-refractivity contribution in [3.8, 4) is 6.07 Å². The highest BCUT2D eigenvalue weighted by atomic mass is 15.1. The van der Waals surface area contributed by atoms with Crippen molar-refractivity contribution in [3.63, 3.8) is 0 Å². The first kappa shape index (κ1) is 14.7. The summed E-state index contributed by atoms with van der Waals surface area (Å²) in [7, 11) is 3.98. The van der Waals surface area contributed by atoms with Gasteiger partial charge in [-0.2, -0.15) is 5.26 Å². The molecule has 3 N–H and O–H groups in total. The van der Waals surface area contributed by atoms with E-state index < -0.39 is 0 Å². The number of anilines is 4. The summed E-state index contributed by atoms with van der Waals surface area (Å²) in [6.07, 6.45) is 1.58. The molecule has 0 aliphatic rings. The van der Waals surface area contributed by atoms with Crippen molar-refractivity contribution in [1.29, 1.82) is 5.26 Å². The van der Waals surface area contributed by atoms with Crippen LogP contribution < -0.4 is 16.0 Å². The van der Waals surface area contributed by atoms with Crippen molar-refractivity contribution in [2.45, 2.75) is 0 Å². The molecule has 1 heterocycles.